The molecular weight excluding hydrogens is 366 g/mol. The summed E-state index contributed by atoms with van der Waals surface area (Å²) in [7, 11) is 1.60. The highest BCUT2D eigenvalue weighted by atomic mass is 32.2. The molecule has 0 saturated heterocycles. The van der Waals surface area contributed by atoms with Crippen LogP contribution in [0.15, 0.2) is 53.7 Å². The number of ether oxygens (including phenoxy) is 2. The molecule has 27 heavy (non-hydrogen) atoms. The van der Waals surface area contributed by atoms with Crippen molar-refractivity contribution in [1.29, 1.82) is 0 Å². The first-order valence-corrected chi connectivity index (χ1v) is 9.27. The number of methoxy groups -OCH3 is 1. The average Bonchev–Trinajstić information content (AvgIpc) is 3.16. The molecule has 0 saturated carbocycles. The van der Waals surface area contributed by atoms with E-state index in [0.717, 1.165) is 11.4 Å². The fourth-order valence-corrected chi connectivity index (χ4v) is 3.02. The maximum atomic E-state index is 12.2. The molecular formula is C18H19N5O3S. The number of nitrogens with zero attached hydrogens (tertiary/aromatic N) is 4. The largest absolute Gasteiger partial charge is 0.497 e. The molecule has 0 aliphatic carbocycles. The minimum absolute atomic E-state index is 0.155. The van der Waals surface area contributed by atoms with Gasteiger partial charge in [-0.3, -0.25) is 4.79 Å². The highest BCUT2D eigenvalue weighted by Gasteiger charge is 2.15. The van der Waals surface area contributed by atoms with E-state index in [2.05, 4.69) is 20.8 Å². The summed E-state index contributed by atoms with van der Waals surface area (Å²) < 4.78 is 12.3. The maximum Gasteiger partial charge on any atom is 0.234 e. The summed E-state index contributed by atoms with van der Waals surface area (Å²) in [5.41, 5.74) is 1.42. The van der Waals surface area contributed by atoms with E-state index in [4.69, 9.17) is 9.47 Å². The van der Waals surface area contributed by atoms with Crippen molar-refractivity contribution in [3.8, 4) is 17.2 Å². The number of hydrogen-bond acceptors (Lipinski definition) is 7. The number of para-hydroxylation sites is 2. The Morgan fingerprint density at radius 3 is 2.70 bits per heavy atom. The molecule has 3 rings (SSSR count). The van der Waals surface area contributed by atoms with Crippen LogP contribution in [0.3, 0.4) is 0 Å². The molecule has 0 atom stereocenters. The summed E-state index contributed by atoms with van der Waals surface area (Å²) in [4.78, 5) is 12.2. The molecule has 2 aromatic carbocycles. The maximum absolute atomic E-state index is 12.2. The lowest BCUT2D eigenvalue weighted by Crippen LogP contribution is -2.14. The third kappa shape index (κ3) is 4.76. The zero-order valence-electron chi connectivity index (χ0n) is 15.0. The van der Waals surface area contributed by atoms with Gasteiger partial charge in [0.25, 0.3) is 0 Å². The Bertz CT molecular complexity index is 898. The number of tetrazole rings is 1. The van der Waals surface area contributed by atoms with E-state index >= 15 is 0 Å². The van der Waals surface area contributed by atoms with Crippen LogP contribution in [0.5, 0.6) is 11.5 Å². The molecule has 0 aliphatic heterocycles. The van der Waals surface area contributed by atoms with Crippen molar-refractivity contribution in [2.45, 2.75) is 12.1 Å². The van der Waals surface area contributed by atoms with Crippen molar-refractivity contribution >= 4 is 23.4 Å². The molecule has 0 spiro atoms. The van der Waals surface area contributed by atoms with Gasteiger partial charge in [-0.05, 0) is 53.7 Å². The molecule has 0 radical (unpaired) electrons. The minimum atomic E-state index is -0.155. The predicted octanol–water partition coefficient (Wildman–Crippen LogP) is 2.80. The molecule has 8 nitrogen and oxygen atoms in total. The van der Waals surface area contributed by atoms with Crippen molar-refractivity contribution in [3.05, 3.63) is 48.5 Å². The first-order chi connectivity index (χ1) is 13.2. The van der Waals surface area contributed by atoms with E-state index < -0.39 is 0 Å². The number of aromatic nitrogens is 4. The molecule has 3 aromatic rings. The summed E-state index contributed by atoms with van der Waals surface area (Å²) in [6.45, 7) is 2.45. The van der Waals surface area contributed by atoms with Gasteiger partial charge >= 0.3 is 0 Å². The molecule has 1 amide bonds. The predicted molar refractivity (Wildman–Crippen MR) is 103 cm³/mol. The first kappa shape index (κ1) is 18.7. The Morgan fingerprint density at radius 2 is 1.96 bits per heavy atom. The van der Waals surface area contributed by atoms with Crippen LogP contribution in [-0.4, -0.2) is 45.6 Å². The Kier molecular flexibility index (Phi) is 6.26. The molecule has 0 fully saturated rings. The summed E-state index contributed by atoms with van der Waals surface area (Å²) in [6, 6.07) is 14.6. The Morgan fingerprint density at radius 1 is 1.19 bits per heavy atom. The van der Waals surface area contributed by atoms with Gasteiger partial charge < -0.3 is 14.8 Å². The van der Waals surface area contributed by atoms with Gasteiger partial charge in [-0.1, -0.05) is 23.9 Å². The first-order valence-electron chi connectivity index (χ1n) is 8.28. The number of nitrogens with one attached hydrogen (secondary N) is 1. The van der Waals surface area contributed by atoms with E-state index in [9.17, 15) is 4.79 Å². The molecule has 0 unspecified atom stereocenters. The van der Waals surface area contributed by atoms with Crippen LogP contribution in [0.1, 0.15) is 6.92 Å². The second kappa shape index (κ2) is 9.04. The van der Waals surface area contributed by atoms with Crippen LogP contribution < -0.4 is 14.8 Å². The van der Waals surface area contributed by atoms with Gasteiger partial charge in [0, 0.05) is 5.69 Å². The highest BCUT2D eigenvalue weighted by Crippen LogP contribution is 2.26. The molecule has 9 heteroatoms. The third-order valence-electron chi connectivity index (χ3n) is 3.54. The molecule has 1 aromatic heterocycles. The van der Waals surface area contributed by atoms with E-state index in [1.165, 1.54) is 11.8 Å². The highest BCUT2D eigenvalue weighted by molar-refractivity contribution is 7.99. The Hall–Kier alpha value is -3.07. The zero-order valence-corrected chi connectivity index (χ0v) is 15.8. The van der Waals surface area contributed by atoms with Crippen molar-refractivity contribution < 1.29 is 14.3 Å². The normalized spacial score (nSPS) is 10.4. The van der Waals surface area contributed by atoms with Crippen molar-refractivity contribution in [1.82, 2.24) is 20.2 Å². The van der Waals surface area contributed by atoms with Gasteiger partial charge in [0.2, 0.25) is 11.1 Å². The van der Waals surface area contributed by atoms with Crippen LogP contribution in [0, 0.1) is 0 Å². The topological polar surface area (TPSA) is 91.2 Å². The quantitative estimate of drug-likeness (QED) is 0.596. The van der Waals surface area contributed by atoms with E-state index in [1.807, 2.05) is 31.2 Å². The number of rotatable bonds is 8. The standard InChI is InChI=1S/C18H19N5O3S/c1-3-26-16-7-5-4-6-15(16)23-18(20-21-22-23)27-12-17(24)19-13-8-10-14(25-2)11-9-13/h4-11H,3,12H2,1-2H3,(H,19,24). The molecule has 0 bridgehead atoms. The second-order valence-corrected chi connectivity index (χ2v) is 6.28. The van der Waals surface area contributed by atoms with Crippen LogP contribution in [0.4, 0.5) is 5.69 Å². The molecule has 140 valence electrons. The number of carbonyl (C=O) groups excluding carboxylic acids is 1. The van der Waals surface area contributed by atoms with E-state index in [0.29, 0.717) is 23.2 Å². The van der Waals surface area contributed by atoms with Crippen molar-refractivity contribution in [2.24, 2.45) is 0 Å². The lowest BCUT2D eigenvalue weighted by atomic mass is 10.3. The van der Waals surface area contributed by atoms with Crippen LogP contribution >= 0.6 is 11.8 Å². The summed E-state index contributed by atoms with van der Waals surface area (Å²) >= 11 is 1.24. The van der Waals surface area contributed by atoms with E-state index in [1.54, 1.807) is 36.1 Å². The lowest BCUT2D eigenvalue weighted by Gasteiger charge is -2.10. The Labute approximate surface area is 160 Å². The number of benzene rings is 2. The average molecular weight is 385 g/mol. The number of anilines is 1. The number of carbonyl (C=O) groups is 1. The van der Waals surface area contributed by atoms with Gasteiger partial charge in [-0.25, -0.2) is 0 Å². The van der Waals surface area contributed by atoms with E-state index in [-0.39, 0.29) is 11.7 Å². The monoisotopic (exact) mass is 385 g/mol. The van der Waals surface area contributed by atoms with Gasteiger partial charge in [0.1, 0.15) is 17.2 Å². The van der Waals surface area contributed by atoms with Gasteiger partial charge in [-0.2, -0.15) is 4.68 Å². The molecule has 1 heterocycles. The van der Waals surface area contributed by atoms with Crippen molar-refractivity contribution in [3.63, 3.8) is 0 Å². The number of thioether (sulfide) groups is 1. The van der Waals surface area contributed by atoms with Crippen LogP contribution in [-0.2, 0) is 4.79 Å². The van der Waals surface area contributed by atoms with Gasteiger partial charge in [-0.15, -0.1) is 5.10 Å². The fraction of sp³-hybridized carbons (Fsp3) is 0.222. The van der Waals surface area contributed by atoms with Crippen LogP contribution in [0.2, 0.25) is 0 Å². The molecule has 0 aliphatic rings. The number of hydrogen-bond donors (Lipinski definition) is 1. The summed E-state index contributed by atoms with van der Waals surface area (Å²) in [5.74, 6) is 1.42. The fourth-order valence-electron chi connectivity index (χ4n) is 2.33. The lowest BCUT2D eigenvalue weighted by molar-refractivity contribution is -0.113. The van der Waals surface area contributed by atoms with Gasteiger partial charge in [0.05, 0.1) is 19.5 Å². The van der Waals surface area contributed by atoms with Crippen LogP contribution in [0.25, 0.3) is 5.69 Å². The summed E-state index contributed by atoms with van der Waals surface area (Å²) in [5, 5.41) is 15.1. The van der Waals surface area contributed by atoms with Crippen molar-refractivity contribution in [2.75, 3.05) is 24.8 Å². The second-order valence-electron chi connectivity index (χ2n) is 5.34. The molecule has 1 N–H and O–H groups in total. The SMILES string of the molecule is CCOc1ccccc1-n1nnnc1SCC(=O)Nc1ccc(OC)cc1. The summed E-state index contributed by atoms with van der Waals surface area (Å²) in [6.07, 6.45) is 0. The Balaban J connectivity index is 1.65. The minimum Gasteiger partial charge on any atom is -0.497 e. The van der Waals surface area contributed by atoms with Gasteiger partial charge in [0.15, 0.2) is 0 Å². The number of amides is 1. The third-order valence-corrected chi connectivity index (χ3v) is 4.46. The zero-order chi connectivity index (χ0) is 19.1. The smallest absolute Gasteiger partial charge is 0.234 e.